The number of rotatable bonds is 7. The van der Waals surface area contributed by atoms with E-state index in [0.717, 1.165) is 32.4 Å². The van der Waals surface area contributed by atoms with Crippen molar-refractivity contribution in [3.63, 3.8) is 0 Å². The summed E-state index contributed by atoms with van der Waals surface area (Å²) in [6.07, 6.45) is 5.38. The first-order valence-corrected chi connectivity index (χ1v) is 7.11. The molecular formula is C16H25N3. The molecule has 0 saturated carbocycles. The highest BCUT2D eigenvalue weighted by molar-refractivity contribution is 5.83. The summed E-state index contributed by atoms with van der Waals surface area (Å²) in [5.74, 6) is 0. The van der Waals surface area contributed by atoms with E-state index >= 15 is 0 Å². The zero-order valence-corrected chi connectivity index (χ0v) is 12.0. The number of H-pyrrole nitrogens is 1. The van der Waals surface area contributed by atoms with Crippen LogP contribution in [0.1, 0.15) is 32.3 Å². The molecule has 2 rings (SSSR count). The number of aromatic amines is 1. The Morgan fingerprint density at radius 3 is 2.79 bits per heavy atom. The Morgan fingerprint density at radius 2 is 2.00 bits per heavy atom. The van der Waals surface area contributed by atoms with Gasteiger partial charge in [-0.3, -0.25) is 0 Å². The molecule has 3 nitrogen and oxygen atoms in total. The summed E-state index contributed by atoms with van der Waals surface area (Å²) in [5, 5.41) is 4.83. The summed E-state index contributed by atoms with van der Waals surface area (Å²) in [6, 6.07) is 8.46. The number of nitrogens with two attached hydrogens (primary N) is 1. The lowest BCUT2D eigenvalue weighted by atomic mass is 10.0. The van der Waals surface area contributed by atoms with E-state index in [1.807, 2.05) is 0 Å². The number of fused-ring (bicyclic) bond motifs is 1. The third kappa shape index (κ3) is 4.37. The van der Waals surface area contributed by atoms with E-state index in [0.29, 0.717) is 0 Å². The van der Waals surface area contributed by atoms with Crippen molar-refractivity contribution in [2.45, 2.75) is 38.6 Å². The second kappa shape index (κ2) is 6.22. The van der Waals surface area contributed by atoms with Gasteiger partial charge in [-0.1, -0.05) is 18.2 Å². The van der Waals surface area contributed by atoms with Gasteiger partial charge in [-0.25, -0.2) is 0 Å². The SMILES string of the molecule is CC(C)(N)CCCNCCc1c[nH]c2ccccc12. The highest BCUT2D eigenvalue weighted by Crippen LogP contribution is 2.17. The van der Waals surface area contributed by atoms with Crippen LogP contribution < -0.4 is 11.1 Å². The molecule has 1 heterocycles. The monoisotopic (exact) mass is 259 g/mol. The predicted molar refractivity (Wildman–Crippen MR) is 82.4 cm³/mol. The molecule has 3 heteroatoms. The number of para-hydroxylation sites is 1. The molecule has 0 unspecified atom stereocenters. The Morgan fingerprint density at radius 1 is 1.21 bits per heavy atom. The van der Waals surface area contributed by atoms with Crippen LogP contribution in [0.3, 0.4) is 0 Å². The van der Waals surface area contributed by atoms with Gasteiger partial charge >= 0.3 is 0 Å². The lowest BCUT2D eigenvalue weighted by molar-refractivity contribution is 0.449. The van der Waals surface area contributed by atoms with E-state index in [1.54, 1.807) is 0 Å². The van der Waals surface area contributed by atoms with Crippen molar-refractivity contribution in [3.05, 3.63) is 36.0 Å². The summed E-state index contributed by atoms with van der Waals surface area (Å²) in [6.45, 7) is 6.23. The van der Waals surface area contributed by atoms with Gasteiger partial charge in [0.25, 0.3) is 0 Å². The number of hydrogen-bond acceptors (Lipinski definition) is 2. The molecule has 0 aliphatic rings. The quantitative estimate of drug-likeness (QED) is 0.670. The molecule has 0 fully saturated rings. The van der Waals surface area contributed by atoms with Crippen molar-refractivity contribution in [1.82, 2.24) is 10.3 Å². The Labute approximate surface area is 115 Å². The first-order valence-electron chi connectivity index (χ1n) is 7.11. The van der Waals surface area contributed by atoms with Crippen LogP contribution in [0, 0.1) is 0 Å². The van der Waals surface area contributed by atoms with Crippen LogP contribution in [0.5, 0.6) is 0 Å². The molecule has 0 aliphatic heterocycles. The van der Waals surface area contributed by atoms with Crippen LogP contribution in [-0.4, -0.2) is 23.6 Å². The van der Waals surface area contributed by atoms with Crippen molar-refractivity contribution in [3.8, 4) is 0 Å². The Kier molecular flexibility index (Phi) is 4.61. The molecule has 0 bridgehead atoms. The highest BCUT2D eigenvalue weighted by Gasteiger charge is 2.09. The molecule has 0 amide bonds. The minimum absolute atomic E-state index is 0.0431. The van der Waals surface area contributed by atoms with Crippen LogP contribution in [-0.2, 0) is 6.42 Å². The molecule has 4 N–H and O–H groups in total. The average molecular weight is 259 g/mol. The third-order valence-corrected chi connectivity index (χ3v) is 3.42. The topological polar surface area (TPSA) is 53.8 Å². The van der Waals surface area contributed by atoms with E-state index in [1.165, 1.54) is 16.5 Å². The fourth-order valence-electron chi connectivity index (χ4n) is 2.36. The molecule has 0 radical (unpaired) electrons. The summed E-state index contributed by atoms with van der Waals surface area (Å²) in [5.41, 5.74) is 8.53. The molecule has 104 valence electrons. The maximum atomic E-state index is 5.96. The van der Waals surface area contributed by atoms with Gasteiger partial charge in [-0.15, -0.1) is 0 Å². The first-order chi connectivity index (χ1) is 9.06. The maximum Gasteiger partial charge on any atom is 0.0456 e. The van der Waals surface area contributed by atoms with Gasteiger partial charge < -0.3 is 16.0 Å². The van der Waals surface area contributed by atoms with Gasteiger partial charge in [0.05, 0.1) is 0 Å². The standard InChI is InChI=1S/C16H25N3/c1-16(2,17)9-5-10-18-11-8-13-12-19-15-7-4-3-6-14(13)15/h3-4,6-7,12,18-19H,5,8-11,17H2,1-2H3. The number of hydrogen-bond donors (Lipinski definition) is 3. The van der Waals surface area contributed by atoms with Gasteiger partial charge in [0, 0.05) is 22.6 Å². The van der Waals surface area contributed by atoms with Gasteiger partial charge in [0.1, 0.15) is 0 Å². The molecule has 1 aromatic heterocycles. The minimum atomic E-state index is -0.0431. The number of aromatic nitrogens is 1. The second-order valence-corrected chi connectivity index (χ2v) is 5.95. The maximum absolute atomic E-state index is 5.96. The van der Waals surface area contributed by atoms with Crippen molar-refractivity contribution in [1.29, 1.82) is 0 Å². The van der Waals surface area contributed by atoms with E-state index in [-0.39, 0.29) is 5.54 Å². The second-order valence-electron chi connectivity index (χ2n) is 5.95. The third-order valence-electron chi connectivity index (χ3n) is 3.42. The summed E-state index contributed by atoms with van der Waals surface area (Å²) in [7, 11) is 0. The molecule has 0 spiro atoms. The molecule has 0 saturated heterocycles. The van der Waals surface area contributed by atoms with Crippen LogP contribution in [0.2, 0.25) is 0 Å². The Balaban J connectivity index is 1.71. The predicted octanol–water partition coefficient (Wildman–Crippen LogP) is 2.82. The molecule has 19 heavy (non-hydrogen) atoms. The molecular weight excluding hydrogens is 234 g/mol. The van der Waals surface area contributed by atoms with Crippen LogP contribution >= 0.6 is 0 Å². The zero-order valence-electron chi connectivity index (χ0n) is 12.0. The van der Waals surface area contributed by atoms with Crippen molar-refractivity contribution in [2.24, 2.45) is 5.73 Å². The Bertz CT molecular complexity index is 508. The van der Waals surface area contributed by atoms with E-state index in [4.69, 9.17) is 5.73 Å². The zero-order chi connectivity index (χ0) is 13.7. The van der Waals surface area contributed by atoms with E-state index < -0.39 is 0 Å². The lowest BCUT2D eigenvalue weighted by Gasteiger charge is -2.17. The molecule has 0 aliphatic carbocycles. The highest BCUT2D eigenvalue weighted by atomic mass is 14.8. The average Bonchev–Trinajstić information content (AvgIpc) is 2.76. The molecule has 1 aromatic carbocycles. The normalized spacial score (nSPS) is 12.2. The van der Waals surface area contributed by atoms with Gasteiger partial charge in [-0.05, 0) is 57.8 Å². The summed E-state index contributed by atoms with van der Waals surface area (Å²) >= 11 is 0. The largest absolute Gasteiger partial charge is 0.361 e. The van der Waals surface area contributed by atoms with Crippen LogP contribution in [0.25, 0.3) is 10.9 Å². The van der Waals surface area contributed by atoms with Gasteiger partial charge in [-0.2, -0.15) is 0 Å². The molecule has 2 aromatic rings. The fourth-order valence-corrected chi connectivity index (χ4v) is 2.36. The molecule has 0 atom stereocenters. The Hall–Kier alpha value is -1.32. The van der Waals surface area contributed by atoms with Crippen molar-refractivity contribution >= 4 is 10.9 Å². The van der Waals surface area contributed by atoms with Crippen LogP contribution in [0.4, 0.5) is 0 Å². The number of benzene rings is 1. The fraction of sp³-hybridized carbons (Fsp3) is 0.500. The number of nitrogens with one attached hydrogen (secondary N) is 2. The van der Waals surface area contributed by atoms with Gasteiger partial charge in [0.15, 0.2) is 0 Å². The van der Waals surface area contributed by atoms with E-state index in [9.17, 15) is 0 Å². The van der Waals surface area contributed by atoms with Crippen molar-refractivity contribution < 1.29 is 0 Å². The van der Waals surface area contributed by atoms with Gasteiger partial charge in [0.2, 0.25) is 0 Å². The lowest BCUT2D eigenvalue weighted by Crippen LogP contribution is -2.33. The van der Waals surface area contributed by atoms with Crippen LogP contribution in [0.15, 0.2) is 30.5 Å². The van der Waals surface area contributed by atoms with E-state index in [2.05, 4.69) is 54.6 Å². The summed E-state index contributed by atoms with van der Waals surface area (Å²) in [4.78, 5) is 3.32. The minimum Gasteiger partial charge on any atom is -0.361 e. The van der Waals surface area contributed by atoms with Crippen molar-refractivity contribution in [2.75, 3.05) is 13.1 Å². The first kappa shape index (κ1) is 14.1. The smallest absolute Gasteiger partial charge is 0.0456 e. The summed E-state index contributed by atoms with van der Waals surface area (Å²) < 4.78 is 0.